The number of rotatable bonds is 3. The van der Waals surface area contributed by atoms with Crippen LogP contribution in [0.4, 0.5) is 0 Å². The lowest BCUT2D eigenvalue weighted by Crippen LogP contribution is -1.95. The van der Waals surface area contributed by atoms with Gasteiger partial charge in [0, 0.05) is 36.0 Å². The highest BCUT2D eigenvalue weighted by Gasteiger charge is 2.03. The van der Waals surface area contributed by atoms with Crippen LogP contribution in [-0.2, 0) is 12.8 Å². The summed E-state index contributed by atoms with van der Waals surface area (Å²) in [4.78, 5) is 8.84. The standard InChI is InChI=1S/C18H18N4/c1-13-5-18-19-8-16(11-21(18)9-13)4-3-15-7-17-6-14(2)20-12-22(17)10-15/h5-12H,3-4H2,1-2H3. The fourth-order valence-electron chi connectivity index (χ4n) is 2.90. The van der Waals surface area contributed by atoms with Gasteiger partial charge in [-0.2, -0.15) is 0 Å². The van der Waals surface area contributed by atoms with Crippen LogP contribution in [0.5, 0.6) is 0 Å². The van der Waals surface area contributed by atoms with Crippen molar-refractivity contribution >= 4 is 11.2 Å². The second-order valence-corrected chi connectivity index (χ2v) is 5.96. The Bertz CT molecular complexity index is 960. The molecule has 0 spiro atoms. The van der Waals surface area contributed by atoms with Gasteiger partial charge in [-0.25, -0.2) is 9.97 Å². The lowest BCUT2D eigenvalue weighted by atomic mass is 10.1. The number of hydrogen-bond donors (Lipinski definition) is 0. The van der Waals surface area contributed by atoms with Crippen LogP contribution in [0.3, 0.4) is 0 Å². The van der Waals surface area contributed by atoms with Crippen molar-refractivity contribution in [3.63, 3.8) is 0 Å². The summed E-state index contributed by atoms with van der Waals surface area (Å²) in [5, 5.41) is 0. The Kier molecular flexibility index (Phi) is 2.96. The van der Waals surface area contributed by atoms with E-state index in [1.54, 1.807) is 0 Å². The van der Waals surface area contributed by atoms with E-state index in [4.69, 9.17) is 0 Å². The monoisotopic (exact) mass is 290 g/mol. The summed E-state index contributed by atoms with van der Waals surface area (Å²) in [5.41, 5.74) is 7.10. The van der Waals surface area contributed by atoms with Crippen LogP contribution in [-0.4, -0.2) is 18.8 Å². The zero-order chi connectivity index (χ0) is 15.1. The van der Waals surface area contributed by atoms with Crippen LogP contribution < -0.4 is 0 Å². The van der Waals surface area contributed by atoms with Gasteiger partial charge in [0.2, 0.25) is 0 Å². The Balaban J connectivity index is 1.56. The van der Waals surface area contributed by atoms with Gasteiger partial charge < -0.3 is 8.80 Å². The largest absolute Gasteiger partial charge is 0.308 e. The molecule has 0 fully saturated rings. The van der Waals surface area contributed by atoms with E-state index in [0.29, 0.717) is 0 Å². The third-order valence-electron chi connectivity index (χ3n) is 4.01. The Morgan fingerprint density at radius 2 is 1.68 bits per heavy atom. The van der Waals surface area contributed by atoms with Gasteiger partial charge in [-0.05, 0) is 61.6 Å². The first-order valence-corrected chi connectivity index (χ1v) is 7.54. The molecular weight excluding hydrogens is 272 g/mol. The number of nitrogens with zero attached hydrogens (tertiary/aromatic N) is 4. The van der Waals surface area contributed by atoms with Crippen LogP contribution in [0.25, 0.3) is 11.2 Å². The van der Waals surface area contributed by atoms with Gasteiger partial charge in [0.25, 0.3) is 0 Å². The minimum absolute atomic E-state index is 0.990. The molecule has 0 atom stereocenters. The van der Waals surface area contributed by atoms with E-state index in [9.17, 15) is 0 Å². The number of aromatic nitrogens is 4. The summed E-state index contributed by atoms with van der Waals surface area (Å²) in [5.74, 6) is 0. The first-order chi connectivity index (χ1) is 10.7. The van der Waals surface area contributed by atoms with Crippen molar-refractivity contribution in [2.24, 2.45) is 0 Å². The fourth-order valence-corrected chi connectivity index (χ4v) is 2.90. The molecule has 4 rings (SSSR count). The smallest absolute Gasteiger partial charge is 0.136 e. The second kappa shape index (κ2) is 4.98. The topological polar surface area (TPSA) is 34.6 Å². The van der Waals surface area contributed by atoms with Gasteiger partial charge in [-0.1, -0.05) is 0 Å². The van der Waals surface area contributed by atoms with Crippen molar-refractivity contribution in [2.45, 2.75) is 26.7 Å². The maximum absolute atomic E-state index is 4.52. The van der Waals surface area contributed by atoms with Crippen molar-refractivity contribution in [3.05, 3.63) is 71.7 Å². The van der Waals surface area contributed by atoms with Gasteiger partial charge in [0.1, 0.15) is 5.65 Å². The van der Waals surface area contributed by atoms with Crippen molar-refractivity contribution < 1.29 is 0 Å². The fraction of sp³-hybridized carbons (Fsp3) is 0.222. The summed E-state index contributed by atoms with van der Waals surface area (Å²) in [6, 6.07) is 6.44. The van der Waals surface area contributed by atoms with E-state index in [1.807, 2.05) is 19.4 Å². The summed E-state index contributed by atoms with van der Waals surface area (Å²) >= 11 is 0. The highest BCUT2D eigenvalue weighted by Crippen LogP contribution is 2.14. The molecule has 4 aromatic rings. The van der Waals surface area contributed by atoms with Gasteiger partial charge in [0.15, 0.2) is 0 Å². The van der Waals surface area contributed by atoms with Crippen LogP contribution in [0.15, 0.2) is 49.3 Å². The first kappa shape index (κ1) is 13.1. The van der Waals surface area contributed by atoms with Crippen LogP contribution in [0, 0.1) is 13.8 Å². The van der Waals surface area contributed by atoms with Crippen LogP contribution in [0.2, 0.25) is 0 Å². The normalized spacial score (nSPS) is 11.5. The van der Waals surface area contributed by atoms with E-state index in [0.717, 1.165) is 24.2 Å². The molecule has 0 unspecified atom stereocenters. The van der Waals surface area contributed by atoms with Crippen molar-refractivity contribution in [3.8, 4) is 0 Å². The summed E-state index contributed by atoms with van der Waals surface area (Å²) in [7, 11) is 0. The number of aryl methyl sites for hydroxylation is 4. The van der Waals surface area contributed by atoms with Gasteiger partial charge in [-0.3, -0.25) is 0 Å². The Morgan fingerprint density at radius 1 is 0.864 bits per heavy atom. The predicted molar refractivity (Wildman–Crippen MR) is 87.3 cm³/mol. The van der Waals surface area contributed by atoms with Crippen molar-refractivity contribution in [2.75, 3.05) is 0 Å². The third-order valence-corrected chi connectivity index (χ3v) is 4.01. The van der Waals surface area contributed by atoms with E-state index in [2.05, 4.69) is 62.5 Å². The van der Waals surface area contributed by atoms with E-state index < -0.39 is 0 Å². The molecule has 0 N–H and O–H groups in total. The molecule has 0 saturated carbocycles. The Morgan fingerprint density at radius 3 is 2.59 bits per heavy atom. The molecule has 0 aromatic carbocycles. The first-order valence-electron chi connectivity index (χ1n) is 7.54. The quantitative estimate of drug-likeness (QED) is 0.579. The molecule has 4 aromatic heterocycles. The molecule has 0 aliphatic carbocycles. The molecular formula is C18H18N4. The molecule has 22 heavy (non-hydrogen) atoms. The molecule has 4 heteroatoms. The van der Waals surface area contributed by atoms with Gasteiger partial charge in [-0.15, -0.1) is 0 Å². The molecule has 4 nitrogen and oxygen atoms in total. The zero-order valence-electron chi connectivity index (χ0n) is 12.8. The lowest BCUT2D eigenvalue weighted by Gasteiger charge is -2.01. The summed E-state index contributed by atoms with van der Waals surface area (Å²) in [6.45, 7) is 4.11. The van der Waals surface area contributed by atoms with Crippen molar-refractivity contribution in [1.82, 2.24) is 18.8 Å². The van der Waals surface area contributed by atoms with E-state index in [-0.39, 0.29) is 0 Å². The number of fused-ring (bicyclic) bond motifs is 2. The SMILES string of the molecule is Cc1cc2ncc(CCc3cc4cc(C)ncn4c3)cn2c1. The molecule has 0 amide bonds. The molecule has 110 valence electrons. The van der Waals surface area contributed by atoms with E-state index >= 15 is 0 Å². The highest BCUT2D eigenvalue weighted by atomic mass is 15.0. The zero-order valence-corrected chi connectivity index (χ0v) is 12.8. The highest BCUT2D eigenvalue weighted by molar-refractivity contribution is 5.51. The summed E-state index contributed by atoms with van der Waals surface area (Å²) in [6.07, 6.45) is 12.3. The van der Waals surface area contributed by atoms with Crippen molar-refractivity contribution in [1.29, 1.82) is 0 Å². The maximum atomic E-state index is 4.52. The van der Waals surface area contributed by atoms with Crippen LogP contribution in [0.1, 0.15) is 22.4 Å². The minimum Gasteiger partial charge on any atom is -0.308 e. The second-order valence-electron chi connectivity index (χ2n) is 5.96. The molecule has 0 aliphatic rings. The summed E-state index contributed by atoms with van der Waals surface area (Å²) < 4.78 is 4.19. The Labute approximate surface area is 129 Å². The van der Waals surface area contributed by atoms with Gasteiger partial charge in [0.05, 0.1) is 6.33 Å². The molecule has 0 radical (unpaired) electrons. The molecule has 0 bridgehead atoms. The average molecular weight is 290 g/mol. The van der Waals surface area contributed by atoms with E-state index in [1.165, 1.54) is 22.2 Å². The van der Waals surface area contributed by atoms with Crippen LogP contribution >= 0.6 is 0 Å². The Hall–Kier alpha value is -2.62. The molecule has 0 aliphatic heterocycles. The maximum Gasteiger partial charge on any atom is 0.136 e. The predicted octanol–water partition coefficient (Wildman–Crippen LogP) is 3.38. The molecule has 4 heterocycles. The average Bonchev–Trinajstić information content (AvgIpc) is 3.05. The number of hydrogen-bond acceptors (Lipinski definition) is 2. The minimum atomic E-state index is 0.990. The third kappa shape index (κ3) is 2.37. The van der Waals surface area contributed by atoms with Gasteiger partial charge >= 0.3 is 0 Å². The molecule has 0 saturated heterocycles. The lowest BCUT2D eigenvalue weighted by molar-refractivity contribution is 0.925.